The Morgan fingerprint density at radius 1 is 1.16 bits per heavy atom. The summed E-state index contributed by atoms with van der Waals surface area (Å²) in [6.07, 6.45) is -1.14. The molecule has 1 aromatic heterocycles. The third-order valence-electron chi connectivity index (χ3n) is 5.86. The number of aromatic nitrogens is 1. The smallest absolute Gasteiger partial charge is 0.273 e. The van der Waals surface area contributed by atoms with E-state index in [0.717, 1.165) is 43.1 Å². The van der Waals surface area contributed by atoms with Crippen LogP contribution in [0.4, 0.5) is 5.13 Å². The first-order valence-corrected chi connectivity index (χ1v) is 11.8. The summed E-state index contributed by atoms with van der Waals surface area (Å²) in [5, 5.41) is 0.693. The number of para-hydroxylation sites is 2. The molecule has 0 spiro atoms. The molecule has 3 heterocycles. The zero-order chi connectivity index (χ0) is 22.1. The molecule has 7 nitrogen and oxygen atoms in total. The molecule has 0 saturated carbocycles. The number of benzene rings is 2. The number of nitrogens with zero attached hydrogens (tertiary/aromatic N) is 3. The van der Waals surface area contributed by atoms with Crippen molar-refractivity contribution in [2.75, 3.05) is 44.3 Å². The van der Waals surface area contributed by atoms with Crippen molar-refractivity contribution in [2.24, 2.45) is 0 Å². The molecule has 0 aliphatic carbocycles. The summed E-state index contributed by atoms with van der Waals surface area (Å²) in [7, 11) is 0. The van der Waals surface area contributed by atoms with Crippen molar-refractivity contribution >= 4 is 32.6 Å². The molecule has 8 heteroatoms. The molecule has 1 amide bonds. The lowest BCUT2D eigenvalue weighted by Gasteiger charge is -2.34. The fraction of sp³-hybridized carbons (Fsp3) is 0.417. The molecule has 2 unspecified atom stereocenters. The molecule has 0 bridgehead atoms. The van der Waals surface area contributed by atoms with Crippen LogP contribution in [0.2, 0.25) is 0 Å². The molecule has 1 saturated heterocycles. The van der Waals surface area contributed by atoms with E-state index in [1.165, 1.54) is 16.9 Å². The molecule has 2 aliphatic rings. The first kappa shape index (κ1) is 21.2. The van der Waals surface area contributed by atoms with E-state index in [0.29, 0.717) is 23.2 Å². The van der Waals surface area contributed by atoms with Gasteiger partial charge in [-0.05, 0) is 43.7 Å². The van der Waals surface area contributed by atoms with Gasteiger partial charge in [-0.2, -0.15) is 0 Å². The number of carbonyl (C=O) groups is 1. The monoisotopic (exact) mass is 453 g/mol. The number of hydrogen-bond donors (Lipinski definition) is 0. The summed E-state index contributed by atoms with van der Waals surface area (Å²) < 4.78 is 18.7. The molecule has 0 N–H and O–H groups in total. The Morgan fingerprint density at radius 2 is 1.91 bits per heavy atom. The van der Waals surface area contributed by atoms with Crippen LogP contribution in [0, 0.1) is 6.92 Å². The van der Waals surface area contributed by atoms with E-state index in [-0.39, 0.29) is 5.91 Å². The van der Waals surface area contributed by atoms with E-state index in [9.17, 15) is 4.79 Å². The first-order valence-electron chi connectivity index (χ1n) is 11.0. The summed E-state index contributed by atoms with van der Waals surface area (Å²) in [6.45, 7) is 8.41. The topological polar surface area (TPSA) is 64.1 Å². The Labute approximate surface area is 191 Å². The Kier molecular flexibility index (Phi) is 5.99. The maximum Gasteiger partial charge on any atom is 0.273 e. The first-order chi connectivity index (χ1) is 15.6. The highest BCUT2D eigenvalue weighted by Crippen LogP contribution is 2.35. The Hall–Kier alpha value is -2.68. The molecule has 3 aromatic rings. The van der Waals surface area contributed by atoms with Crippen molar-refractivity contribution in [3.05, 3.63) is 48.0 Å². The lowest BCUT2D eigenvalue weighted by molar-refractivity contribution is -0.130. The van der Waals surface area contributed by atoms with Crippen molar-refractivity contribution in [3.8, 4) is 11.5 Å². The molecular weight excluding hydrogens is 426 g/mol. The Balaban J connectivity index is 1.43. The van der Waals surface area contributed by atoms with Gasteiger partial charge in [-0.15, -0.1) is 0 Å². The van der Waals surface area contributed by atoms with Gasteiger partial charge < -0.3 is 14.2 Å². The van der Waals surface area contributed by atoms with Gasteiger partial charge in [-0.3, -0.25) is 14.6 Å². The van der Waals surface area contributed by atoms with E-state index < -0.39 is 12.2 Å². The third kappa shape index (κ3) is 4.30. The number of thiazole rings is 1. The second-order valence-electron chi connectivity index (χ2n) is 8.22. The maximum atomic E-state index is 13.8. The SMILES string of the molecule is Cc1ccc2nc(N(CCN3CCOCC3)C(=O)C3Oc4ccccc4OC3C)sc2c1. The molecule has 0 radical (unpaired) electrons. The quantitative estimate of drug-likeness (QED) is 0.589. The molecule has 2 atom stereocenters. The number of hydrogen-bond acceptors (Lipinski definition) is 7. The van der Waals surface area contributed by atoms with Crippen molar-refractivity contribution in [1.82, 2.24) is 9.88 Å². The molecule has 5 rings (SSSR count). The molecule has 168 valence electrons. The Bertz CT molecular complexity index is 1110. The lowest BCUT2D eigenvalue weighted by Crippen LogP contribution is -2.52. The average molecular weight is 454 g/mol. The number of amides is 1. The van der Waals surface area contributed by atoms with Gasteiger partial charge in [0.15, 0.2) is 16.6 Å². The second kappa shape index (κ2) is 9.05. The third-order valence-corrected chi connectivity index (χ3v) is 6.90. The highest BCUT2D eigenvalue weighted by atomic mass is 32.1. The molecule has 1 fully saturated rings. The largest absolute Gasteiger partial charge is 0.482 e. The standard InChI is InChI=1S/C24H27N3O4S/c1-16-7-8-18-21(15-16)32-24(25-18)27(10-9-26-11-13-29-14-12-26)23(28)22-17(2)30-19-5-3-4-6-20(19)31-22/h3-8,15,17,22H,9-14H2,1-2H3. The van der Waals surface area contributed by atoms with E-state index >= 15 is 0 Å². The van der Waals surface area contributed by atoms with Crippen molar-refractivity contribution in [3.63, 3.8) is 0 Å². The number of aryl methyl sites for hydroxylation is 1. The summed E-state index contributed by atoms with van der Waals surface area (Å²) in [4.78, 5) is 22.7. The van der Waals surface area contributed by atoms with E-state index in [4.69, 9.17) is 19.2 Å². The average Bonchev–Trinajstić information content (AvgIpc) is 3.22. The molecule has 2 aliphatic heterocycles. The van der Waals surface area contributed by atoms with E-state index in [1.807, 2.05) is 43.3 Å². The van der Waals surface area contributed by atoms with Crippen LogP contribution in [-0.4, -0.2) is 67.4 Å². The van der Waals surface area contributed by atoms with Gasteiger partial charge in [0.2, 0.25) is 6.10 Å². The zero-order valence-corrected chi connectivity index (χ0v) is 19.1. The number of morpholine rings is 1. The number of ether oxygens (including phenoxy) is 3. The van der Waals surface area contributed by atoms with Crippen molar-refractivity contribution in [2.45, 2.75) is 26.1 Å². The predicted molar refractivity (Wildman–Crippen MR) is 125 cm³/mol. The highest BCUT2D eigenvalue weighted by molar-refractivity contribution is 7.22. The summed E-state index contributed by atoms with van der Waals surface area (Å²) >= 11 is 1.54. The summed E-state index contributed by atoms with van der Waals surface area (Å²) in [5.74, 6) is 1.13. The van der Waals surface area contributed by atoms with Gasteiger partial charge >= 0.3 is 0 Å². The fourth-order valence-electron chi connectivity index (χ4n) is 4.05. The van der Waals surface area contributed by atoms with Crippen LogP contribution >= 0.6 is 11.3 Å². The second-order valence-corrected chi connectivity index (χ2v) is 9.23. The fourth-order valence-corrected chi connectivity index (χ4v) is 5.14. The lowest BCUT2D eigenvalue weighted by atomic mass is 10.1. The minimum Gasteiger partial charge on any atom is -0.482 e. The van der Waals surface area contributed by atoms with Crippen molar-refractivity contribution < 1.29 is 19.0 Å². The van der Waals surface area contributed by atoms with Gasteiger partial charge in [-0.1, -0.05) is 29.5 Å². The highest BCUT2D eigenvalue weighted by Gasteiger charge is 2.38. The number of rotatable bonds is 5. The van der Waals surface area contributed by atoms with Crippen LogP contribution in [0.5, 0.6) is 11.5 Å². The van der Waals surface area contributed by atoms with Crippen molar-refractivity contribution in [1.29, 1.82) is 0 Å². The van der Waals surface area contributed by atoms with Crippen LogP contribution < -0.4 is 14.4 Å². The number of anilines is 1. The number of carbonyl (C=O) groups excluding carboxylic acids is 1. The van der Waals surface area contributed by atoms with Crippen LogP contribution in [0.3, 0.4) is 0 Å². The Morgan fingerprint density at radius 3 is 2.69 bits per heavy atom. The minimum atomic E-state index is -0.733. The summed E-state index contributed by atoms with van der Waals surface area (Å²) in [5.41, 5.74) is 2.08. The van der Waals surface area contributed by atoms with Crippen LogP contribution in [-0.2, 0) is 9.53 Å². The maximum absolute atomic E-state index is 13.8. The van der Waals surface area contributed by atoms with Gasteiger partial charge in [0.05, 0.1) is 23.4 Å². The van der Waals surface area contributed by atoms with Gasteiger partial charge in [0.1, 0.15) is 6.10 Å². The van der Waals surface area contributed by atoms with Gasteiger partial charge in [0.25, 0.3) is 5.91 Å². The van der Waals surface area contributed by atoms with E-state index in [1.54, 1.807) is 4.90 Å². The normalized spacial score (nSPS) is 20.9. The molecular formula is C24H27N3O4S. The zero-order valence-electron chi connectivity index (χ0n) is 18.3. The van der Waals surface area contributed by atoms with Gasteiger partial charge in [0, 0.05) is 26.2 Å². The minimum absolute atomic E-state index is 0.129. The van der Waals surface area contributed by atoms with Crippen LogP contribution in [0.15, 0.2) is 42.5 Å². The van der Waals surface area contributed by atoms with Crippen LogP contribution in [0.1, 0.15) is 12.5 Å². The van der Waals surface area contributed by atoms with Crippen LogP contribution in [0.25, 0.3) is 10.2 Å². The van der Waals surface area contributed by atoms with E-state index in [2.05, 4.69) is 17.9 Å². The summed E-state index contributed by atoms with van der Waals surface area (Å²) in [6, 6.07) is 13.6. The molecule has 32 heavy (non-hydrogen) atoms. The predicted octanol–water partition coefficient (Wildman–Crippen LogP) is 3.50. The van der Waals surface area contributed by atoms with Gasteiger partial charge in [-0.25, -0.2) is 4.98 Å². The molecule has 2 aromatic carbocycles. The number of fused-ring (bicyclic) bond motifs is 2.